The topological polar surface area (TPSA) is 79.3 Å². The van der Waals surface area contributed by atoms with Gasteiger partial charge in [-0.25, -0.2) is 4.79 Å². The maximum atomic E-state index is 12.5. The van der Waals surface area contributed by atoms with Crippen LogP contribution in [0.2, 0.25) is 5.02 Å². The highest BCUT2D eigenvalue weighted by molar-refractivity contribution is 6.32. The van der Waals surface area contributed by atoms with Gasteiger partial charge in [0.15, 0.2) is 0 Å². The summed E-state index contributed by atoms with van der Waals surface area (Å²) in [7, 11) is 0. The third kappa shape index (κ3) is 3.96. The van der Waals surface area contributed by atoms with Gasteiger partial charge in [0.05, 0.1) is 16.3 Å². The lowest BCUT2D eigenvalue weighted by Gasteiger charge is -2.32. The third-order valence-electron chi connectivity index (χ3n) is 3.36. The Morgan fingerprint density at radius 2 is 2.13 bits per heavy atom. The molecule has 1 aromatic carbocycles. The summed E-state index contributed by atoms with van der Waals surface area (Å²) in [5.74, 6) is 0. The molecule has 0 aliphatic carbocycles. The van der Waals surface area contributed by atoms with Gasteiger partial charge in [-0.1, -0.05) is 17.7 Å². The summed E-state index contributed by atoms with van der Waals surface area (Å²) in [6.07, 6.45) is 3.23. The predicted molar refractivity (Wildman–Crippen MR) is 90.7 cm³/mol. The average Bonchev–Trinajstić information content (AvgIpc) is 2.47. The van der Waals surface area contributed by atoms with Crippen LogP contribution in [0.15, 0.2) is 18.2 Å². The molecule has 0 saturated heterocycles. The number of hydrogen-bond acceptors (Lipinski definition) is 4. The molecule has 0 spiro atoms. The van der Waals surface area contributed by atoms with Crippen LogP contribution in [0, 0.1) is 11.3 Å². The van der Waals surface area contributed by atoms with Crippen LogP contribution in [0.1, 0.15) is 44.7 Å². The minimum atomic E-state index is -0.576. The van der Waals surface area contributed by atoms with Crippen molar-refractivity contribution in [3.05, 3.63) is 34.4 Å². The molecule has 0 atom stereocenters. The fourth-order valence-corrected chi connectivity index (χ4v) is 2.58. The molecule has 0 radical (unpaired) electrons. The van der Waals surface area contributed by atoms with Crippen molar-refractivity contribution in [3.8, 4) is 6.07 Å². The lowest BCUT2D eigenvalue weighted by molar-refractivity contribution is 0.0347. The molecular formula is C17H20ClN3O2. The molecule has 1 aliphatic heterocycles. The lowest BCUT2D eigenvalue weighted by Crippen LogP contribution is -2.37. The summed E-state index contributed by atoms with van der Waals surface area (Å²) < 4.78 is 5.46. The maximum Gasteiger partial charge on any atom is 0.414 e. The first kappa shape index (κ1) is 17.2. The molecule has 1 aliphatic rings. The van der Waals surface area contributed by atoms with Gasteiger partial charge in [-0.2, -0.15) is 5.26 Å². The van der Waals surface area contributed by atoms with Gasteiger partial charge < -0.3 is 10.5 Å². The lowest BCUT2D eigenvalue weighted by atomic mass is 10.0. The van der Waals surface area contributed by atoms with Crippen LogP contribution in [0.3, 0.4) is 0 Å². The molecule has 23 heavy (non-hydrogen) atoms. The molecule has 5 nitrogen and oxygen atoms in total. The number of nitriles is 1. The number of carbonyl (C=O) groups excluding carboxylic acids is 1. The average molecular weight is 334 g/mol. The third-order valence-corrected chi connectivity index (χ3v) is 3.68. The number of amides is 1. The first-order chi connectivity index (χ1) is 10.7. The largest absolute Gasteiger partial charge is 0.443 e. The SMILES string of the molecule is CC(C)(C)OC(=O)N1CCCC=C1c1cc(Cl)c(C#N)cc1N. The first-order valence-electron chi connectivity index (χ1n) is 7.43. The molecule has 2 N–H and O–H groups in total. The second-order valence-corrected chi connectivity index (χ2v) is 6.80. The van der Waals surface area contributed by atoms with Crippen molar-refractivity contribution in [2.45, 2.75) is 39.2 Å². The van der Waals surface area contributed by atoms with Crippen LogP contribution >= 0.6 is 11.6 Å². The van der Waals surface area contributed by atoms with Gasteiger partial charge in [0, 0.05) is 17.8 Å². The van der Waals surface area contributed by atoms with E-state index >= 15 is 0 Å². The number of benzene rings is 1. The van der Waals surface area contributed by atoms with Crippen molar-refractivity contribution in [1.82, 2.24) is 4.90 Å². The van der Waals surface area contributed by atoms with Crippen LogP contribution < -0.4 is 5.73 Å². The number of anilines is 1. The highest BCUT2D eigenvalue weighted by atomic mass is 35.5. The van der Waals surface area contributed by atoms with Crippen molar-refractivity contribution in [3.63, 3.8) is 0 Å². The summed E-state index contributed by atoms with van der Waals surface area (Å²) in [5, 5.41) is 9.34. The molecular weight excluding hydrogens is 314 g/mol. The molecule has 0 bridgehead atoms. The van der Waals surface area contributed by atoms with Crippen molar-refractivity contribution in [2.24, 2.45) is 0 Å². The quantitative estimate of drug-likeness (QED) is 0.782. The van der Waals surface area contributed by atoms with Crippen LogP contribution in [0.25, 0.3) is 5.70 Å². The normalized spacial score (nSPS) is 14.9. The number of carbonyl (C=O) groups is 1. The Morgan fingerprint density at radius 3 is 2.74 bits per heavy atom. The number of halogens is 1. The van der Waals surface area contributed by atoms with Gasteiger partial charge in [-0.05, 0) is 45.7 Å². The Balaban J connectivity index is 2.40. The van der Waals surface area contributed by atoms with E-state index < -0.39 is 11.7 Å². The first-order valence-corrected chi connectivity index (χ1v) is 7.81. The Labute approximate surface area is 141 Å². The zero-order chi connectivity index (χ0) is 17.2. The van der Waals surface area contributed by atoms with E-state index in [0.29, 0.717) is 34.1 Å². The Morgan fingerprint density at radius 1 is 1.43 bits per heavy atom. The van der Waals surface area contributed by atoms with Gasteiger partial charge in [0.1, 0.15) is 11.7 Å². The fraction of sp³-hybridized carbons (Fsp3) is 0.412. The van der Waals surface area contributed by atoms with E-state index in [9.17, 15) is 4.79 Å². The summed E-state index contributed by atoms with van der Waals surface area (Å²) in [6, 6.07) is 5.15. The van der Waals surface area contributed by atoms with Crippen LogP contribution in [0.5, 0.6) is 0 Å². The number of ether oxygens (including phenoxy) is 1. The minimum Gasteiger partial charge on any atom is -0.443 e. The van der Waals surface area contributed by atoms with Crippen LogP contribution in [-0.2, 0) is 4.74 Å². The maximum absolute atomic E-state index is 12.5. The van der Waals surface area contributed by atoms with Gasteiger partial charge in [-0.15, -0.1) is 0 Å². The highest BCUT2D eigenvalue weighted by Crippen LogP contribution is 2.33. The number of allylic oxidation sites excluding steroid dienone is 1. The Bertz CT molecular complexity index is 699. The standard InChI is InChI=1S/C17H20ClN3O2/c1-17(2,3)23-16(22)21-7-5-4-6-15(21)12-9-13(18)11(10-19)8-14(12)20/h6,8-9H,4-5,7,20H2,1-3H3. The number of nitrogens with zero attached hydrogens (tertiary/aromatic N) is 2. The van der Waals surface area contributed by atoms with Gasteiger partial charge in [-0.3, -0.25) is 4.90 Å². The molecule has 1 aromatic rings. The molecule has 2 rings (SSSR count). The van der Waals surface area contributed by atoms with E-state index in [1.165, 1.54) is 6.07 Å². The monoisotopic (exact) mass is 333 g/mol. The van der Waals surface area contributed by atoms with Gasteiger partial charge >= 0.3 is 6.09 Å². The summed E-state index contributed by atoms with van der Waals surface area (Å²) >= 11 is 6.11. The smallest absolute Gasteiger partial charge is 0.414 e. The highest BCUT2D eigenvalue weighted by Gasteiger charge is 2.28. The molecule has 6 heteroatoms. The summed E-state index contributed by atoms with van der Waals surface area (Å²) in [6.45, 7) is 6.03. The minimum absolute atomic E-state index is 0.312. The van der Waals surface area contributed by atoms with E-state index in [1.54, 1.807) is 11.0 Å². The second kappa shape index (κ2) is 6.51. The summed E-state index contributed by atoms with van der Waals surface area (Å²) in [4.78, 5) is 14.0. The summed E-state index contributed by atoms with van der Waals surface area (Å²) in [5.41, 5.74) is 7.52. The number of rotatable bonds is 1. The van der Waals surface area contributed by atoms with E-state index in [0.717, 1.165) is 12.8 Å². The van der Waals surface area contributed by atoms with Crippen molar-refractivity contribution >= 4 is 29.1 Å². The predicted octanol–water partition coefficient (Wildman–Crippen LogP) is 4.17. The van der Waals surface area contributed by atoms with Crippen molar-refractivity contribution in [1.29, 1.82) is 5.26 Å². The van der Waals surface area contributed by atoms with Gasteiger partial charge in [0.25, 0.3) is 0 Å². The zero-order valence-electron chi connectivity index (χ0n) is 13.5. The molecule has 122 valence electrons. The second-order valence-electron chi connectivity index (χ2n) is 6.39. The van der Waals surface area contributed by atoms with E-state index in [4.69, 9.17) is 27.3 Å². The van der Waals surface area contributed by atoms with E-state index in [1.807, 2.05) is 32.9 Å². The fourth-order valence-electron chi connectivity index (χ4n) is 2.38. The van der Waals surface area contributed by atoms with Crippen LogP contribution in [-0.4, -0.2) is 23.1 Å². The Kier molecular flexibility index (Phi) is 4.86. The molecule has 0 saturated carbocycles. The van der Waals surface area contributed by atoms with Crippen LogP contribution in [0.4, 0.5) is 10.5 Å². The molecule has 0 unspecified atom stereocenters. The number of nitrogens with two attached hydrogens (primary N) is 1. The molecule has 0 fully saturated rings. The van der Waals surface area contributed by atoms with Crippen molar-refractivity contribution < 1.29 is 9.53 Å². The van der Waals surface area contributed by atoms with Gasteiger partial charge in [0.2, 0.25) is 0 Å². The Hall–Kier alpha value is -2.19. The van der Waals surface area contributed by atoms with Crippen molar-refractivity contribution in [2.75, 3.05) is 12.3 Å². The molecule has 1 amide bonds. The van der Waals surface area contributed by atoms with E-state index in [2.05, 4.69) is 0 Å². The van der Waals surface area contributed by atoms with E-state index in [-0.39, 0.29) is 0 Å². The molecule has 0 aromatic heterocycles. The number of nitrogen functional groups attached to an aromatic ring is 1. The molecule has 1 heterocycles. The zero-order valence-corrected chi connectivity index (χ0v) is 14.3. The number of hydrogen-bond donors (Lipinski definition) is 1.